The lowest BCUT2D eigenvalue weighted by Crippen LogP contribution is -2.03. The summed E-state index contributed by atoms with van der Waals surface area (Å²) >= 11 is 1.86. The van der Waals surface area contributed by atoms with Gasteiger partial charge in [-0.05, 0) is 43.9 Å². The van der Waals surface area contributed by atoms with E-state index in [1.54, 1.807) is 0 Å². The standard InChI is InChI=1S/C17H21NO2S/c1-13-5-4-6-14(11-13)19-9-10-21-12-16-15-7-2-3-8-17(15)20-18-16/h4-6,11H,2-3,7-10,12H2,1H3. The molecule has 1 heterocycles. The number of hydrogen-bond acceptors (Lipinski definition) is 4. The summed E-state index contributed by atoms with van der Waals surface area (Å²) in [4.78, 5) is 0. The van der Waals surface area contributed by atoms with Gasteiger partial charge in [-0.1, -0.05) is 17.3 Å². The molecule has 2 aromatic rings. The molecule has 3 nitrogen and oxygen atoms in total. The lowest BCUT2D eigenvalue weighted by Gasteiger charge is -2.09. The van der Waals surface area contributed by atoms with Crippen LogP contribution >= 0.6 is 11.8 Å². The Morgan fingerprint density at radius 1 is 1.29 bits per heavy atom. The first-order chi connectivity index (χ1) is 10.3. The SMILES string of the molecule is Cc1cccc(OCCSCc2noc3c2CCCC3)c1. The number of ether oxygens (including phenoxy) is 1. The summed E-state index contributed by atoms with van der Waals surface area (Å²) in [6, 6.07) is 8.18. The van der Waals surface area contributed by atoms with Gasteiger partial charge in [0.05, 0.1) is 12.3 Å². The second-order valence-electron chi connectivity index (χ2n) is 5.46. The molecule has 0 saturated heterocycles. The molecule has 1 aromatic heterocycles. The molecule has 0 unspecified atom stereocenters. The Kier molecular flexibility index (Phi) is 4.86. The Labute approximate surface area is 130 Å². The van der Waals surface area contributed by atoms with Crippen LogP contribution in [-0.2, 0) is 18.6 Å². The van der Waals surface area contributed by atoms with Crippen LogP contribution in [0.3, 0.4) is 0 Å². The molecule has 4 heteroatoms. The minimum Gasteiger partial charge on any atom is -0.493 e. The molecule has 1 aromatic carbocycles. The Morgan fingerprint density at radius 2 is 2.19 bits per heavy atom. The molecule has 0 spiro atoms. The third-order valence-electron chi connectivity index (χ3n) is 3.76. The number of benzene rings is 1. The molecule has 0 bridgehead atoms. The highest BCUT2D eigenvalue weighted by Gasteiger charge is 2.18. The molecule has 0 saturated carbocycles. The van der Waals surface area contributed by atoms with Crippen molar-refractivity contribution in [3.63, 3.8) is 0 Å². The van der Waals surface area contributed by atoms with Crippen molar-refractivity contribution in [3.05, 3.63) is 46.8 Å². The van der Waals surface area contributed by atoms with E-state index >= 15 is 0 Å². The molecule has 0 amide bonds. The molecular weight excluding hydrogens is 282 g/mol. The molecule has 0 aliphatic heterocycles. The first kappa shape index (κ1) is 14.5. The summed E-state index contributed by atoms with van der Waals surface area (Å²) in [6.07, 6.45) is 4.69. The monoisotopic (exact) mass is 303 g/mol. The van der Waals surface area contributed by atoms with E-state index in [9.17, 15) is 0 Å². The molecule has 3 rings (SSSR count). The second kappa shape index (κ2) is 7.03. The van der Waals surface area contributed by atoms with Crippen LogP contribution in [-0.4, -0.2) is 17.5 Å². The highest BCUT2D eigenvalue weighted by molar-refractivity contribution is 7.98. The molecule has 0 fully saturated rings. The van der Waals surface area contributed by atoms with E-state index in [0.717, 1.165) is 48.2 Å². The van der Waals surface area contributed by atoms with Gasteiger partial charge >= 0.3 is 0 Å². The van der Waals surface area contributed by atoms with E-state index in [1.165, 1.54) is 24.0 Å². The van der Waals surface area contributed by atoms with Crippen molar-refractivity contribution in [2.24, 2.45) is 0 Å². The van der Waals surface area contributed by atoms with Crippen molar-refractivity contribution in [2.75, 3.05) is 12.4 Å². The summed E-state index contributed by atoms with van der Waals surface area (Å²) in [5.41, 5.74) is 3.74. The van der Waals surface area contributed by atoms with Gasteiger partial charge in [-0.25, -0.2) is 0 Å². The molecule has 21 heavy (non-hydrogen) atoms. The lowest BCUT2D eigenvalue weighted by atomic mass is 9.97. The maximum absolute atomic E-state index is 5.75. The quantitative estimate of drug-likeness (QED) is 0.750. The fraction of sp³-hybridized carbons (Fsp3) is 0.471. The number of nitrogens with zero attached hydrogens (tertiary/aromatic N) is 1. The number of rotatable bonds is 6. The lowest BCUT2D eigenvalue weighted by molar-refractivity contribution is 0.343. The van der Waals surface area contributed by atoms with Gasteiger partial charge in [0.25, 0.3) is 0 Å². The predicted molar refractivity (Wildman–Crippen MR) is 86.0 cm³/mol. The average Bonchev–Trinajstić information content (AvgIpc) is 2.90. The van der Waals surface area contributed by atoms with Crippen molar-refractivity contribution < 1.29 is 9.26 Å². The summed E-state index contributed by atoms with van der Waals surface area (Å²) < 4.78 is 11.2. The van der Waals surface area contributed by atoms with Crippen molar-refractivity contribution in [2.45, 2.75) is 38.4 Å². The molecule has 0 atom stereocenters. The zero-order chi connectivity index (χ0) is 14.5. The van der Waals surface area contributed by atoms with E-state index in [0.29, 0.717) is 0 Å². The van der Waals surface area contributed by atoms with Crippen molar-refractivity contribution in [3.8, 4) is 5.75 Å². The zero-order valence-electron chi connectivity index (χ0n) is 12.4. The minimum absolute atomic E-state index is 0.730. The van der Waals surface area contributed by atoms with E-state index in [-0.39, 0.29) is 0 Å². The third kappa shape index (κ3) is 3.82. The molecule has 1 aliphatic carbocycles. The van der Waals surface area contributed by atoms with Gasteiger partial charge in [-0.15, -0.1) is 0 Å². The van der Waals surface area contributed by atoms with Crippen LogP contribution in [0.15, 0.2) is 28.8 Å². The fourth-order valence-electron chi connectivity index (χ4n) is 2.65. The predicted octanol–water partition coefficient (Wildman–Crippen LogP) is 4.17. The minimum atomic E-state index is 0.730. The number of aromatic nitrogens is 1. The summed E-state index contributed by atoms with van der Waals surface area (Å²) in [6.45, 7) is 2.81. The second-order valence-corrected chi connectivity index (χ2v) is 6.56. The highest BCUT2D eigenvalue weighted by Crippen LogP contribution is 2.26. The first-order valence-corrected chi connectivity index (χ1v) is 8.72. The largest absolute Gasteiger partial charge is 0.493 e. The molecule has 112 valence electrons. The van der Waals surface area contributed by atoms with E-state index in [2.05, 4.69) is 24.2 Å². The van der Waals surface area contributed by atoms with Gasteiger partial charge in [0.15, 0.2) is 0 Å². The van der Waals surface area contributed by atoms with E-state index < -0.39 is 0 Å². The van der Waals surface area contributed by atoms with Gasteiger partial charge in [-0.2, -0.15) is 11.8 Å². The van der Waals surface area contributed by atoms with Gasteiger partial charge in [0.1, 0.15) is 11.5 Å². The topological polar surface area (TPSA) is 35.3 Å². The first-order valence-electron chi connectivity index (χ1n) is 7.56. The summed E-state index contributed by atoms with van der Waals surface area (Å²) in [5.74, 6) is 3.97. The summed E-state index contributed by atoms with van der Waals surface area (Å²) in [5, 5.41) is 4.23. The van der Waals surface area contributed by atoms with E-state index in [4.69, 9.17) is 9.26 Å². The molecular formula is C17H21NO2S. The fourth-order valence-corrected chi connectivity index (χ4v) is 3.42. The Balaban J connectivity index is 1.41. The number of fused-ring (bicyclic) bond motifs is 1. The Bertz CT molecular complexity index is 594. The molecule has 0 N–H and O–H groups in total. The number of hydrogen-bond donors (Lipinski definition) is 0. The van der Waals surface area contributed by atoms with Crippen LogP contribution in [0.2, 0.25) is 0 Å². The van der Waals surface area contributed by atoms with Gasteiger partial charge in [0, 0.05) is 23.5 Å². The molecule has 1 aliphatic rings. The van der Waals surface area contributed by atoms with Crippen molar-refractivity contribution >= 4 is 11.8 Å². The Hall–Kier alpha value is -1.42. The van der Waals surface area contributed by atoms with Gasteiger partial charge < -0.3 is 9.26 Å². The van der Waals surface area contributed by atoms with Crippen LogP contribution in [0.4, 0.5) is 0 Å². The highest BCUT2D eigenvalue weighted by atomic mass is 32.2. The number of aryl methyl sites for hydroxylation is 2. The molecule has 0 radical (unpaired) electrons. The van der Waals surface area contributed by atoms with Crippen molar-refractivity contribution in [1.29, 1.82) is 0 Å². The third-order valence-corrected chi connectivity index (χ3v) is 4.69. The van der Waals surface area contributed by atoms with Crippen molar-refractivity contribution in [1.82, 2.24) is 5.16 Å². The van der Waals surface area contributed by atoms with Gasteiger partial charge in [-0.3, -0.25) is 0 Å². The van der Waals surface area contributed by atoms with Crippen LogP contribution in [0.25, 0.3) is 0 Å². The number of thioether (sulfide) groups is 1. The van der Waals surface area contributed by atoms with E-state index in [1.807, 2.05) is 23.9 Å². The summed E-state index contributed by atoms with van der Waals surface area (Å²) in [7, 11) is 0. The normalized spacial score (nSPS) is 14.0. The van der Waals surface area contributed by atoms with Crippen LogP contribution in [0, 0.1) is 6.92 Å². The Morgan fingerprint density at radius 3 is 3.10 bits per heavy atom. The average molecular weight is 303 g/mol. The van der Waals surface area contributed by atoms with Crippen LogP contribution < -0.4 is 4.74 Å². The zero-order valence-corrected chi connectivity index (χ0v) is 13.2. The van der Waals surface area contributed by atoms with Gasteiger partial charge in [0.2, 0.25) is 0 Å². The smallest absolute Gasteiger partial charge is 0.140 e. The van der Waals surface area contributed by atoms with Crippen LogP contribution in [0.5, 0.6) is 5.75 Å². The maximum Gasteiger partial charge on any atom is 0.140 e. The maximum atomic E-state index is 5.75. The van der Waals surface area contributed by atoms with Crippen LogP contribution in [0.1, 0.15) is 35.4 Å².